The number of nitrogens with zero attached hydrogens (tertiary/aromatic N) is 3. The molecule has 0 saturated carbocycles. The molecular weight excluding hydrogens is 514 g/mol. The van der Waals surface area contributed by atoms with Crippen molar-refractivity contribution in [3.05, 3.63) is 66.4 Å². The van der Waals surface area contributed by atoms with Crippen LogP contribution in [0.15, 0.2) is 65.9 Å². The minimum Gasteiger partial charge on any atom is -0.494 e. The molecule has 3 aromatic rings. The van der Waals surface area contributed by atoms with Crippen molar-refractivity contribution >= 4 is 18.0 Å². The van der Waals surface area contributed by atoms with Gasteiger partial charge in [-0.25, -0.2) is 10.1 Å². The van der Waals surface area contributed by atoms with Gasteiger partial charge in [-0.3, -0.25) is 9.59 Å². The largest absolute Gasteiger partial charge is 0.494 e. The van der Waals surface area contributed by atoms with E-state index in [1.165, 1.54) is 38.5 Å². The summed E-state index contributed by atoms with van der Waals surface area (Å²) in [6.07, 6.45) is 15.6. The first kappa shape index (κ1) is 31.6. The van der Waals surface area contributed by atoms with Crippen LogP contribution >= 0.6 is 0 Å². The summed E-state index contributed by atoms with van der Waals surface area (Å²) in [5.74, 6) is 0.321. The average molecular weight is 560 g/mol. The third-order valence-electron chi connectivity index (χ3n) is 6.71. The molecule has 0 radical (unpaired) electrons. The van der Waals surface area contributed by atoms with Crippen molar-refractivity contribution in [1.29, 1.82) is 0 Å². The van der Waals surface area contributed by atoms with E-state index in [1.807, 2.05) is 60.8 Å². The van der Waals surface area contributed by atoms with Crippen LogP contribution in [-0.4, -0.2) is 41.0 Å². The summed E-state index contributed by atoms with van der Waals surface area (Å²) in [5, 5.41) is 11.6. The molecule has 0 unspecified atom stereocenters. The fraction of sp³-hybridized carbons (Fsp3) is 0.455. The summed E-state index contributed by atoms with van der Waals surface area (Å²) in [4.78, 5) is 24.4. The number of rotatable bonds is 19. The molecule has 1 aromatic heterocycles. The number of nitrogens with one attached hydrogen (secondary N) is 2. The first-order valence-electron chi connectivity index (χ1n) is 15.1. The highest BCUT2D eigenvalue weighted by Gasteiger charge is 2.12. The van der Waals surface area contributed by atoms with Crippen LogP contribution in [0.3, 0.4) is 0 Å². The van der Waals surface area contributed by atoms with Crippen LogP contribution in [0.1, 0.15) is 90.0 Å². The molecule has 0 atom stereocenters. The van der Waals surface area contributed by atoms with Crippen LogP contribution in [0.2, 0.25) is 0 Å². The Morgan fingerprint density at radius 3 is 2.22 bits per heavy atom. The molecular formula is C33H45N5O3. The zero-order chi connectivity index (χ0) is 29.1. The molecule has 0 bridgehead atoms. The maximum absolute atomic E-state index is 12.3. The van der Waals surface area contributed by atoms with Gasteiger partial charge < -0.3 is 10.1 Å². The van der Waals surface area contributed by atoms with Crippen molar-refractivity contribution in [2.45, 2.75) is 84.5 Å². The molecule has 41 heavy (non-hydrogen) atoms. The van der Waals surface area contributed by atoms with Crippen molar-refractivity contribution in [2.24, 2.45) is 5.10 Å². The predicted molar refractivity (Wildman–Crippen MR) is 165 cm³/mol. The Morgan fingerprint density at radius 2 is 1.54 bits per heavy atom. The molecule has 8 heteroatoms. The Balaban J connectivity index is 1.49. The molecule has 220 valence electrons. The van der Waals surface area contributed by atoms with Gasteiger partial charge in [0.15, 0.2) is 0 Å². The normalized spacial score (nSPS) is 11.1. The Bertz CT molecular complexity index is 1210. The molecule has 2 amide bonds. The topological polar surface area (TPSA) is 97.6 Å². The van der Waals surface area contributed by atoms with Crippen molar-refractivity contribution in [2.75, 3.05) is 13.2 Å². The van der Waals surface area contributed by atoms with E-state index in [2.05, 4.69) is 29.7 Å². The Hall–Kier alpha value is -3.94. The number of para-hydroxylation sites is 1. The van der Waals surface area contributed by atoms with Gasteiger partial charge in [-0.1, -0.05) is 83.4 Å². The van der Waals surface area contributed by atoms with Crippen molar-refractivity contribution in [3.8, 4) is 22.7 Å². The molecule has 0 spiro atoms. The number of hydrogen-bond donors (Lipinski definition) is 2. The van der Waals surface area contributed by atoms with Gasteiger partial charge in [-0.05, 0) is 49.2 Å². The molecule has 0 aliphatic heterocycles. The third-order valence-corrected chi connectivity index (χ3v) is 6.71. The van der Waals surface area contributed by atoms with E-state index in [0.29, 0.717) is 13.0 Å². The van der Waals surface area contributed by atoms with E-state index in [-0.39, 0.29) is 18.4 Å². The summed E-state index contributed by atoms with van der Waals surface area (Å²) < 4.78 is 7.49. The average Bonchev–Trinajstić information content (AvgIpc) is 3.43. The molecule has 2 aromatic carbocycles. The van der Waals surface area contributed by atoms with E-state index in [9.17, 15) is 9.59 Å². The lowest BCUT2D eigenvalue weighted by Gasteiger charge is -2.06. The van der Waals surface area contributed by atoms with Gasteiger partial charge in [-0.2, -0.15) is 10.2 Å². The van der Waals surface area contributed by atoms with Gasteiger partial charge in [0.2, 0.25) is 5.91 Å². The van der Waals surface area contributed by atoms with Gasteiger partial charge in [-0.15, -0.1) is 0 Å². The summed E-state index contributed by atoms with van der Waals surface area (Å²) in [5.41, 5.74) is 5.79. The number of hydrogen-bond acceptors (Lipinski definition) is 5. The molecule has 0 fully saturated rings. The minimum atomic E-state index is -0.379. The lowest BCUT2D eigenvalue weighted by molar-refractivity contribution is -0.126. The van der Waals surface area contributed by atoms with Crippen LogP contribution in [0.5, 0.6) is 5.75 Å². The second-order valence-electron chi connectivity index (χ2n) is 10.2. The van der Waals surface area contributed by atoms with Crippen LogP contribution < -0.4 is 15.5 Å². The number of ether oxygens (including phenoxy) is 1. The van der Waals surface area contributed by atoms with Crippen molar-refractivity contribution in [3.63, 3.8) is 0 Å². The molecule has 0 aliphatic rings. The number of aromatic nitrogens is 2. The Morgan fingerprint density at radius 1 is 0.854 bits per heavy atom. The van der Waals surface area contributed by atoms with E-state index in [1.54, 1.807) is 10.9 Å². The van der Waals surface area contributed by atoms with E-state index in [0.717, 1.165) is 53.9 Å². The highest BCUT2D eigenvalue weighted by atomic mass is 16.5. The molecule has 8 nitrogen and oxygen atoms in total. The van der Waals surface area contributed by atoms with Crippen LogP contribution in [0.4, 0.5) is 0 Å². The highest BCUT2D eigenvalue weighted by molar-refractivity contribution is 5.90. The Labute approximate surface area is 244 Å². The summed E-state index contributed by atoms with van der Waals surface area (Å²) in [6, 6.07) is 17.6. The maximum Gasteiger partial charge on any atom is 0.259 e. The second-order valence-corrected chi connectivity index (χ2v) is 10.2. The third kappa shape index (κ3) is 11.6. The summed E-state index contributed by atoms with van der Waals surface area (Å²) in [7, 11) is 0. The summed E-state index contributed by atoms with van der Waals surface area (Å²) >= 11 is 0. The SMILES string of the molecule is CCCCCCCCCCCC(=O)NCC(=O)N/N=C\c1cn(-c2ccccc2)nc1-c1ccc(OCCC)cc1. The molecule has 0 aliphatic carbocycles. The quantitative estimate of drug-likeness (QED) is 0.0957. The van der Waals surface area contributed by atoms with Crippen molar-refractivity contribution in [1.82, 2.24) is 20.5 Å². The minimum absolute atomic E-state index is 0.107. The first-order valence-corrected chi connectivity index (χ1v) is 15.1. The zero-order valence-electron chi connectivity index (χ0n) is 24.6. The molecule has 0 saturated heterocycles. The smallest absolute Gasteiger partial charge is 0.259 e. The van der Waals surface area contributed by atoms with Gasteiger partial charge in [0.1, 0.15) is 11.4 Å². The summed E-state index contributed by atoms with van der Waals surface area (Å²) in [6.45, 7) is 4.86. The fourth-order valence-corrected chi connectivity index (χ4v) is 4.42. The number of carbonyl (C=O) groups excluding carboxylic acids is 2. The molecule has 1 heterocycles. The first-order chi connectivity index (χ1) is 20.1. The Kier molecular flexibility index (Phi) is 14.2. The number of benzene rings is 2. The second kappa shape index (κ2) is 18.4. The van der Waals surface area contributed by atoms with E-state index in [4.69, 9.17) is 9.84 Å². The van der Waals surface area contributed by atoms with Crippen LogP contribution in [0.25, 0.3) is 16.9 Å². The monoisotopic (exact) mass is 559 g/mol. The van der Waals surface area contributed by atoms with Gasteiger partial charge in [0.25, 0.3) is 5.91 Å². The van der Waals surface area contributed by atoms with Crippen LogP contribution in [0, 0.1) is 0 Å². The predicted octanol–water partition coefficient (Wildman–Crippen LogP) is 6.82. The maximum atomic E-state index is 12.3. The van der Waals surface area contributed by atoms with Gasteiger partial charge in [0.05, 0.1) is 25.1 Å². The number of hydrazone groups is 1. The number of unbranched alkanes of at least 4 members (excludes halogenated alkanes) is 8. The zero-order valence-corrected chi connectivity index (χ0v) is 24.6. The fourth-order valence-electron chi connectivity index (χ4n) is 4.42. The molecule has 2 N–H and O–H groups in total. The lowest BCUT2D eigenvalue weighted by Crippen LogP contribution is -2.34. The van der Waals surface area contributed by atoms with Gasteiger partial charge in [0, 0.05) is 23.7 Å². The standard InChI is InChI=1S/C33H45N5O3/c1-3-5-6-7-8-9-10-11-15-18-31(39)34-25-32(40)36-35-24-28-26-38(29-16-13-12-14-17-29)37-33(28)27-19-21-30(22-20-27)41-23-4-2/h12-14,16-17,19-22,24,26H,3-11,15,18,23,25H2,1-2H3,(H,34,39)(H,36,40)/b35-24-. The number of amides is 2. The number of carbonyl (C=O) groups is 2. The van der Waals surface area contributed by atoms with E-state index >= 15 is 0 Å². The van der Waals surface area contributed by atoms with Crippen LogP contribution in [-0.2, 0) is 9.59 Å². The lowest BCUT2D eigenvalue weighted by atomic mass is 10.1. The van der Waals surface area contributed by atoms with E-state index < -0.39 is 0 Å². The van der Waals surface area contributed by atoms with Crippen molar-refractivity contribution < 1.29 is 14.3 Å². The van der Waals surface area contributed by atoms with Gasteiger partial charge >= 0.3 is 0 Å². The molecule has 3 rings (SSSR count). The highest BCUT2D eigenvalue weighted by Crippen LogP contribution is 2.25.